The van der Waals surface area contributed by atoms with E-state index in [4.69, 9.17) is 14.2 Å². The Morgan fingerprint density at radius 2 is 0.547 bits per heavy atom. The normalized spacial score (nSPS) is 13.1. The van der Waals surface area contributed by atoms with E-state index in [1.165, 1.54) is 89.9 Å². The van der Waals surface area contributed by atoms with Crippen molar-refractivity contribution in [3.05, 3.63) is 134 Å². The Labute approximate surface area is 462 Å². The van der Waals surface area contributed by atoms with Crippen molar-refractivity contribution >= 4 is 17.9 Å². The van der Waals surface area contributed by atoms with E-state index in [1.807, 2.05) is 6.08 Å². The van der Waals surface area contributed by atoms with Gasteiger partial charge in [0.15, 0.2) is 6.10 Å². The molecule has 0 spiro atoms. The zero-order valence-corrected chi connectivity index (χ0v) is 48.5. The van der Waals surface area contributed by atoms with Crippen LogP contribution in [0.4, 0.5) is 0 Å². The molecule has 1 unspecified atom stereocenters. The van der Waals surface area contributed by atoms with Crippen LogP contribution in [-0.2, 0) is 28.6 Å². The van der Waals surface area contributed by atoms with Gasteiger partial charge in [0.2, 0.25) is 0 Å². The number of carbonyl (C=O) groups is 3. The van der Waals surface area contributed by atoms with Crippen LogP contribution in [0, 0.1) is 0 Å². The molecule has 0 fully saturated rings. The number of allylic oxidation sites excluding steroid dienone is 22. The maximum Gasteiger partial charge on any atom is 0.306 e. The van der Waals surface area contributed by atoms with Gasteiger partial charge in [-0.1, -0.05) is 276 Å². The zero-order chi connectivity index (χ0) is 54.3. The number of hydrogen-bond donors (Lipinski definition) is 0. The number of rotatable bonds is 54. The summed E-state index contributed by atoms with van der Waals surface area (Å²) in [5.74, 6) is -1.01. The molecule has 0 saturated carbocycles. The molecule has 0 saturated heterocycles. The molecule has 0 N–H and O–H groups in total. The maximum absolute atomic E-state index is 12.9. The van der Waals surface area contributed by atoms with Gasteiger partial charge in [-0.15, -0.1) is 0 Å². The maximum atomic E-state index is 12.9. The second-order valence-electron chi connectivity index (χ2n) is 19.9. The number of carbonyl (C=O) groups excluding carboxylic acids is 3. The molecule has 0 aromatic heterocycles. The second-order valence-corrected chi connectivity index (χ2v) is 19.9. The lowest BCUT2D eigenvalue weighted by Crippen LogP contribution is -2.30. The summed E-state index contributed by atoms with van der Waals surface area (Å²) < 4.78 is 16.8. The summed E-state index contributed by atoms with van der Waals surface area (Å²) in [6.45, 7) is 6.34. The summed E-state index contributed by atoms with van der Waals surface area (Å²) in [4.78, 5) is 38.2. The molecular formula is C69H112O6. The minimum Gasteiger partial charge on any atom is -0.462 e. The van der Waals surface area contributed by atoms with E-state index in [0.717, 1.165) is 128 Å². The van der Waals surface area contributed by atoms with Crippen LogP contribution in [0.3, 0.4) is 0 Å². The van der Waals surface area contributed by atoms with E-state index in [0.29, 0.717) is 19.3 Å². The summed E-state index contributed by atoms with van der Waals surface area (Å²) in [5.41, 5.74) is 0. The topological polar surface area (TPSA) is 78.9 Å². The van der Waals surface area contributed by atoms with Crippen molar-refractivity contribution in [2.45, 2.75) is 271 Å². The van der Waals surface area contributed by atoms with E-state index in [2.05, 4.69) is 148 Å². The van der Waals surface area contributed by atoms with Crippen LogP contribution in [0.1, 0.15) is 265 Å². The molecule has 0 bridgehead atoms. The molecule has 0 aliphatic carbocycles. The number of hydrogen-bond acceptors (Lipinski definition) is 6. The van der Waals surface area contributed by atoms with Gasteiger partial charge in [-0.05, 0) is 103 Å². The number of ether oxygens (including phenoxy) is 3. The average molecular weight is 1040 g/mol. The first kappa shape index (κ1) is 70.5. The fourth-order valence-corrected chi connectivity index (χ4v) is 8.14. The third kappa shape index (κ3) is 60.3. The van der Waals surface area contributed by atoms with Crippen LogP contribution in [-0.4, -0.2) is 37.2 Å². The van der Waals surface area contributed by atoms with Crippen molar-refractivity contribution in [3.8, 4) is 0 Å². The SMILES string of the molecule is CC/C=C\C/C=C\C/C=C\C/C=C\C/C=C\C/C=C\C/C=C\CCCCCCCC(=O)OCC(COC(=O)CC/C=C\C/C=C\C/C=C\C/C=C\CC)OC(=O)CCCCCCCCCCCCCCCCCCC. The first-order valence-corrected chi connectivity index (χ1v) is 30.7. The van der Waals surface area contributed by atoms with Crippen LogP contribution in [0.5, 0.6) is 0 Å². The van der Waals surface area contributed by atoms with Crippen molar-refractivity contribution in [1.82, 2.24) is 0 Å². The lowest BCUT2D eigenvalue weighted by atomic mass is 10.0. The molecule has 75 heavy (non-hydrogen) atoms. The lowest BCUT2D eigenvalue weighted by Gasteiger charge is -2.18. The zero-order valence-electron chi connectivity index (χ0n) is 48.5. The summed E-state index contributed by atoms with van der Waals surface area (Å²) in [5, 5.41) is 0. The van der Waals surface area contributed by atoms with Gasteiger partial charge in [0, 0.05) is 19.3 Å². The molecule has 6 nitrogen and oxygen atoms in total. The fraction of sp³-hybridized carbons (Fsp3) is 0.638. The minimum atomic E-state index is -0.818. The highest BCUT2D eigenvalue weighted by Crippen LogP contribution is 2.16. The van der Waals surface area contributed by atoms with E-state index in [-0.39, 0.29) is 37.5 Å². The highest BCUT2D eigenvalue weighted by molar-refractivity contribution is 5.71. The molecule has 0 amide bonds. The van der Waals surface area contributed by atoms with Crippen LogP contribution < -0.4 is 0 Å². The first-order chi connectivity index (χ1) is 37.0. The predicted octanol–water partition coefficient (Wildman–Crippen LogP) is 21.0. The average Bonchev–Trinajstić information content (AvgIpc) is 3.41. The number of esters is 3. The molecule has 0 aliphatic heterocycles. The lowest BCUT2D eigenvalue weighted by molar-refractivity contribution is -0.166. The Bertz CT molecular complexity index is 1620. The van der Waals surface area contributed by atoms with Gasteiger partial charge in [-0.25, -0.2) is 0 Å². The monoisotopic (exact) mass is 1040 g/mol. The Kier molecular flexibility index (Phi) is 58.4. The predicted molar refractivity (Wildman–Crippen MR) is 325 cm³/mol. The van der Waals surface area contributed by atoms with Gasteiger partial charge in [0.25, 0.3) is 0 Å². The van der Waals surface area contributed by atoms with E-state index < -0.39 is 6.10 Å². The third-order valence-electron chi connectivity index (χ3n) is 12.7. The van der Waals surface area contributed by atoms with Gasteiger partial charge in [-0.3, -0.25) is 14.4 Å². The van der Waals surface area contributed by atoms with Crippen LogP contribution in [0.25, 0.3) is 0 Å². The molecule has 0 heterocycles. The summed E-state index contributed by atoms with van der Waals surface area (Å²) in [7, 11) is 0. The Morgan fingerprint density at radius 1 is 0.280 bits per heavy atom. The molecule has 0 aromatic rings. The van der Waals surface area contributed by atoms with E-state index >= 15 is 0 Å². The van der Waals surface area contributed by atoms with Crippen molar-refractivity contribution in [2.75, 3.05) is 13.2 Å². The molecule has 0 radical (unpaired) electrons. The highest BCUT2D eigenvalue weighted by atomic mass is 16.6. The largest absolute Gasteiger partial charge is 0.462 e. The molecular weight excluding hydrogens is 925 g/mol. The van der Waals surface area contributed by atoms with Gasteiger partial charge < -0.3 is 14.2 Å². The van der Waals surface area contributed by atoms with Gasteiger partial charge >= 0.3 is 17.9 Å². The van der Waals surface area contributed by atoms with Crippen LogP contribution in [0.2, 0.25) is 0 Å². The van der Waals surface area contributed by atoms with Gasteiger partial charge in [-0.2, -0.15) is 0 Å². The van der Waals surface area contributed by atoms with E-state index in [1.54, 1.807) is 0 Å². The molecule has 0 rings (SSSR count). The summed E-state index contributed by atoms with van der Waals surface area (Å²) >= 11 is 0. The molecule has 424 valence electrons. The Balaban J connectivity index is 4.42. The minimum absolute atomic E-state index is 0.112. The van der Waals surface area contributed by atoms with Gasteiger partial charge in [0.1, 0.15) is 13.2 Å². The smallest absolute Gasteiger partial charge is 0.306 e. The Morgan fingerprint density at radius 3 is 0.893 bits per heavy atom. The fourth-order valence-electron chi connectivity index (χ4n) is 8.14. The van der Waals surface area contributed by atoms with Crippen LogP contribution >= 0.6 is 0 Å². The van der Waals surface area contributed by atoms with Crippen molar-refractivity contribution in [2.24, 2.45) is 0 Å². The summed E-state index contributed by atoms with van der Waals surface area (Å²) in [6, 6.07) is 0. The standard InChI is InChI=1S/C69H112O6/c1-4-7-10-13-16-19-22-25-27-29-30-31-32-33-34-35-36-37-38-40-41-44-47-50-53-56-59-62-68(71)74-65-66(64-73-67(70)61-58-55-52-49-46-43-24-21-18-15-12-9-6-3)75-69(72)63-60-57-54-51-48-45-42-39-28-26-23-20-17-14-11-8-5-2/h7,9-10,12,16,18-19,21,25,27,30-31,33-34,36-37,40-41,43,46,52,55,66H,4-6,8,11,13-15,17,20,22-24,26,28-29,32,35,38-39,42,44-45,47-51,53-54,56-65H2,1-3H3/b10-7-,12-9-,19-16-,21-18-,27-25-,31-30-,34-33-,37-36-,41-40-,46-43-,55-52-. The molecule has 0 aliphatic rings. The van der Waals surface area contributed by atoms with Gasteiger partial charge in [0.05, 0.1) is 0 Å². The highest BCUT2D eigenvalue weighted by Gasteiger charge is 2.19. The number of unbranched alkanes of at least 4 members (excludes halogenated alkanes) is 21. The molecule has 0 aromatic carbocycles. The quantitative estimate of drug-likeness (QED) is 0.0261. The van der Waals surface area contributed by atoms with E-state index in [9.17, 15) is 14.4 Å². The van der Waals surface area contributed by atoms with Crippen molar-refractivity contribution in [3.63, 3.8) is 0 Å². The summed E-state index contributed by atoms with van der Waals surface area (Å²) in [6.07, 6.45) is 87.5. The third-order valence-corrected chi connectivity index (χ3v) is 12.7. The van der Waals surface area contributed by atoms with Crippen molar-refractivity contribution < 1.29 is 28.6 Å². The van der Waals surface area contributed by atoms with Crippen molar-refractivity contribution in [1.29, 1.82) is 0 Å². The molecule has 1 atom stereocenters. The van der Waals surface area contributed by atoms with Crippen LogP contribution in [0.15, 0.2) is 134 Å². The molecule has 6 heteroatoms. The second kappa shape index (κ2) is 62.1. The first-order valence-electron chi connectivity index (χ1n) is 30.7. The Hall–Kier alpha value is -4.45.